The second kappa shape index (κ2) is 7.98. The highest BCUT2D eigenvalue weighted by Gasteiger charge is 2.14. The van der Waals surface area contributed by atoms with Gasteiger partial charge in [0.2, 0.25) is 12.7 Å². The standard InChI is InChI=1S/C16H17N3O4S/c1-21-7-6-17-15(20)9-24-16-5-3-12(18-19-16)11-2-4-13-14(8-11)23-10-22-13/h2-5,8H,6-7,9-10H2,1H3,(H,17,20). The summed E-state index contributed by atoms with van der Waals surface area (Å²) in [5.74, 6) is 1.68. The predicted molar refractivity (Wildman–Crippen MR) is 89.2 cm³/mol. The van der Waals surface area contributed by atoms with Gasteiger partial charge in [0, 0.05) is 19.2 Å². The molecule has 1 aliphatic rings. The SMILES string of the molecule is COCCNC(=O)CSc1ccc(-c2ccc3c(c2)OCO3)nn1. The molecule has 7 nitrogen and oxygen atoms in total. The highest BCUT2D eigenvalue weighted by atomic mass is 32.2. The fraction of sp³-hybridized carbons (Fsp3) is 0.312. The van der Waals surface area contributed by atoms with Gasteiger partial charge in [0.05, 0.1) is 18.1 Å². The van der Waals surface area contributed by atoms with Crippen molar-refractivity contribution in [3.63, 3.8) is 0 Å². The molecule has 1 N–H and O–H groups in total. The Morgan fingerprint density at radius 2 is 2.12 bits per heavy atom. The first kappa shape index (κ1) is 16.5. The van der Waals surface area contributed by atoms with Gasteiger partial charge < -0.3 is 19.5 Å². The summed E-state index contributed by atoms with van der Waals surface area (Å²) in [7, 11) is 1.60. The molecule has 0 saturated carbocycles. The fourth-order valence-corrected chi connectivity index (χ4v) is 2.73. The molecule has 1 aliphatic heterocycles. The molecule has 24 heavy (non-hydrogen) atoms. The van der Waals surface area contributed by atoms with Crippen molar-refractivity contribution in [3.05, 3.63) is 30.3 Å². The molecule has 2 heterocycles. The maximum Gasteiger partial charge on any atom is 0.231 e. The van der Waals surface area contributed by atoms with Crippen LogP contribution in [-0.4, -0.2) is 48.9 Å². The first-order valence-electron chi connectivity index (χ1n) is 7.38. The van der Waals surface area contributed by atoms with E-state index in [-0.39, 0.29) is 12.7 Å². The number of rotatable bonds is 7. The van der Waals surface area contributed by atoms with Crippen LogP contribution in [0.1, 0.15) is 0 Å². The summed E-state index contributed by atoms with van der Waals surface area (Å²) < 4.78 is 15.5. The zero-order valence-corrected chi connectivity index (χ0v) is 14.0. The monoisotopic (exact) mass is 347 g/mol. The van der Waals surface area contributed by atoms with Gasteiger partial charge in [-0.1, -0.05) is 11.8 Å². The van der Waals surface area contributed by atoms with Crippen LogP contribution in [0, 0.1) is 0 Å². The number of carbonyl (C=O) groups is 1. The molecule has 0 bridgehead atoms. The van der Waals surface area contributed by atoms with Crippen molar-refractivity contribution in [2.75, 3.05) is 32.8 Å². The zero-order valence-electron chi connectivity index (χ0n) is 13.2. The number of amides is 1. The molecule has 0 radical (unpaired) electrons. The number of ether oxygens (including phenoxy) is 3. The lowest BCUT2D eigenvalue weighted by Gasteiger charge is -2.05. The van der Waals surface area contributed by atoms with Crippen LogP contribution in [0.2, 0.25) is 0 Å². The van der Waals surface area contributed by atoms with Gasteiger partial charge in [-0.2, -0.15) is 0 Å². The topological polar surface area (TPSA) is 82.6 Å². The van der Waals surface area contributed by atoms with E-state index < -0.39 is 0 Å². The van der Waals surface area contributed by atoms with E-state index in [2.05, 4.69) is 15.5 Å². The van der Waals surface area contributed by atoms with Gasteiger partial charge in [-0.3, -0.25) is 4.79 Å². The molecule has 0 saturated heterocycles. The third-order valence-electron chi connectivity index (χ3n) is 3.29. The predicted octanol–water partition coefficient (Wildman–Crippen LogP) is 1.73. The summed E-state index contributed by atoms with van der Waals surface area (Å²) in [5.41, 5.74) is 1.64. The molecular formula is C16H17N3O4S. The van der Waals surface area contributed by atoms with Crippen molar-refractivity contribution in [2.45, 2.75) is 5.03 Å². The van der Waals surface area contributed by atoms with E-state index in [9.17, 15) is 4.79 Å². The first-order valence-corrected chi connectivity index (χ1v) is 8.37. The molecule has 2 aromatic rings. The molecule has 0 fully saturated rings. The average Bonchev–Trinajstić information content (AvgIpc) is 3.08. The van der Waals surface area contributed by atoms with Crippen LogP contribution in [-0.2, 0) is 9.53 Å². The molecule has 0 spiro atoms. The molecular weight excluding hydrogens is 330 g/mol. The molecule has 1 aromatic heterocycles. The van der Waals surface area contributed by atoms with Crippen molar-refractivity contribution in [1.29, 1.82) is 0 Å². The summed E-state index contributed by atoms with van der Waals surface area (Å²) in [6.45, 7) is 1.25. The van der Waals surface area contributed by atoms with Crippen LogP contribution >= 0.6 is 11.8 Å². The lowest BCUT2D eigenvalue weighted by molar-refractivity contribution is -0.118. The quantitative estimate of drug-likeness (QED) is 0.603. The highest BCUT2D eigenvalue weighted by Crippen LogP contribution is 2.35. The Morgan fingerprint density at radius 3 is 2.92 bits per heavy atom. The number of nitrogens with zero attached hydrogens (tertiary/aromatic N) is 2. The van der Waals surface area contributed by atoms with Crippen LogP contribution in [0.3, 0.4) is 0 Å². The molecule has 126 valence electrons. The van der Waals surface area contributed by atoms with E-state index in [0.717, 1.165) is 17.0 Å². The van der Waals surface area contributed by atoms with Crippen LogP contribution in [0.15, 0.2) is 35.4 Å². The van der Waals surface area contributed by atoms with E-state index in [4.69, 9.17) is 14.2 Å². The zero-order chi connectivity index (χ0) is 16.8. The van der Waals surface area contributed by atoms with E-state index in [0.29, 0.717) is 29.7 Å². The average molecular weight is 347 g/mol. The maximum atomic E-state index is 11.6. The summed E-state index contributed by atoms with van der Waals surface area (Å²) in [6.07, 6.45) is 0. The van der Waals surface area contributed by atoms with E-state index in [1.807, 2.05) is 30.3 Å². The lowest BCUT2D eigenvalue weighted by atomic mass is 10.1. The minimum absolute atomic E-state index is 0.0568. The Morgan fingerprint density at radius 1 is 1.25 bits per heavy atom. The van der Waals surface area contributed by atoms with E-state index in [1.54, 1.807) is 7.11 Å². The Bertz CT molecular complexity index is 709. The number of aromatic nitrogens is 2. The van der Waals surface area contributed by atoms with Crippen molar-refractivity contribution in [2.24, 2.45) is 0 Å². The number of methoxy groups -OCH3 is 1. The fourth-order valence-electron chi connectivity index (χ4n) is 2.09. The van der Waals surface area contributed by atoms with Crippen molar-refractivity contribution < 1.29 is 19.0 Å². The van der Waals surface area contributed by atoms with Crippen LogP contribution in [0.4, 0.5) is 0 Å². The third-order valence-corrected chi connectivity index (χ3v) is 4.21. The number of hydrogen-bond donors (Lipinski definition) is 1. The summed E-state index contributed by atoms with van der Waals surface area (Å²) in [6, 6.07) is 9.36. The Labute approximate surface area is 143 Å². The smallest absolute Gasteiger partial charge is 0.231 e. The molecule has 0 unspecified atom stereocenters. The number of fused-ring (bicyclic) bond motifs is 1. The number of hydrogen-bond acceptors (Lipinski definition) is 7. The minimum Gasteiger partial charge on any atom is -0.454 e. The second-order valence-corrected chi connectivity index (χ2v) is 5.95. The molecule has 8 heteroatoms. The molecule has 0 aliphatic carbocycles. The molecule has 0 atom stereocenters. The van der Waals surface area contributed by atoms with Gasteiger partial charge in [0.1, 0.15) is 5.03 Å². The molecule has 3 rings (SSSR count). The van der Waals surface area contributed by atoms with Crippen LogP contribution in [0.5, 0.6) is 11.5 Å². The summed E-state index contributed by atoms with van der Waals surface area (Å²) >= 11 is 1.34. The largest absolute Gasteiger partial charge is 0.454 e. The van der Waals surface area contributed by atoms with Crippen molar-refractivity contribution in [1.82, 2.24) is 15.5 Å². The Balaban J connectivity index is 1.56. The Hall–Kier alpha value is -2.32. The normalized spacial score (nSPS) is 12.2. The van der Waals surface area contributed by atoms with Gasteiger partial charge in [0.25, 0.3) is 0 Å². The maximum absolute atomic E-state index is 11.6. The van der Waals surface area contributed by atoms with Crippen molar-refractivity contribution in [3.8, 4) is 22.8 Å². The van der Waals surface area contributed by atoms with Crippen LogP contribution in [0.25, 0.3) is 11.3 Å². The summed E-state index contributed by atoms with van der Waals surface area (Å²) in [4.78, 5) is 11.6. The van der Waals surface area contributed by atoms with Crippen LogP contribution < -0.4 is 14.8 Å². The Kier molecular flexibility index (Phi) is 5.50. The van der Waals surface area contributed by atoms with Gasteiger partial charge in [0.15, 0.2) is 11.5 Å². The highest BCUT2D eigenvalue weighted by molar-refractivity contribution is 7.99. The summed E-state index contributed by atoms with van der Waals surface area (Å²) in [5, 5.41) is 11.8. The second-order valence-electron chi connectivity index (χ2n) is 4.96. The number of benzene rings is 1. The van der Waals surface area contributed by atoms with E-state index in [1.165, 1.54) is 11.8 Å². The van der Waals surface area contributed by atoms with E-state index >= 15 is 0 Å². The lowest BCUT2D eigenvalue weighted by Crippen LogP contribution is -2.28. The molecule has 1 aromatic carbocycles. The van der Waals surface area contributed by atoms with Gasteiger partial charge >= 0.3 is 0 Å². The third kappa shape index (κ3) is 4.15. The first-order chi connectivity index (χ1) is 11.8. The number of nitrogens with one attached hydrogen (secondary N) is 1. The van der Waals surface area contributed by atoms with Gasteiger partial charge in [-0.25, -0.2) is 0 Å². The van der Waals surface area contributed by atoms with Crippen molar-refractivity contribution >= 4 is 17.7 Å². The van der Waals surface area contributed by atoms with Gasteiger partial charge in [-0.15, -0.1) is 10.2 Å². The molecule has 1 amide bonds. The minimum atomic E-state index is -0.0568. The number of thioether (sulfide) groups is 1. The van der Waals surface area contributed by atoms with Gasteiger partial charge in [-0.05, 0) is 30.3 Å². The number of carbonyl (C=O) groups excluding carboxylic acids is 1.